The van der Waals surface area contributed by atoms with Crippen LogP contribution < -0.4 is 0 Å². The van der Waals surface area contributed by atoms with Gasteiger partial charge in [-0.1, -0.05) is 28.1 Å². The molecule has 1 N–H and O–H groups in total. The molecule has 0 bridgehead atoms. The predicted molar refractivity (Wildman–Crippen MR) is 116 cm³/mol. The fourth-order valence-corrected chi connectivity index (χ4v) is 6.29. The Labute approximate surface area is 176 Å². The summed E-state index contributed by atoms with van der Waals surface area (Å²) >= 11 is 7.13. The normalized spacial score (nSPS) is 15.0. The Morgan fingerprint density at radius 2 is 1.96 bits per heavy atom. The van der Waals surface area contributed by atoms with Crippen LogP contribution in [0.1, 0.15) is 61.2 Å². The van der Waals surface area contributed by atoms with Crippen LogP contribution in [0.5, 0.6) is 0 Å². The van der Waals surface area contributed by atoms with Crippen LogP contribution in [0.2, 0.25) is 0 Å². The summed E-state index contributed by atoms with van der Waals surface area (Å²) in [5.41, 5.74) is 4.15. The van der Waals surface area contributed by atoms with E-state index in [2.05, 4.69) is 20.9 Å². The molecule has 0 saturated carbocycles. The van der Waals surface area contributed by atoms with E-state index in [0.29, 0.717) is 29.0 Å². The van der Waals surface area contributed by atoms with Crippen LogP contribution in [0.4, 0.5) is 0 Å². The number of nitrogens with one attached hydrogen (secondary N) is 1. The summed E-state index contributed by atoms with van der Waals surface area (Å²) in [6.07, 6.45) is 1.16. The van der Waals surface area contributed by atoms with Crippen molar-refractivity contribution in [3.05, 3.63) is 56.3 Å². The molecule has 0 aliphatic carbocycles. The van der Waals surface area contributed by atoms with Gasteiger partial charge in [-0.2, -0.15) is 0 Å². The highest BCUT2D eigenvalue weighted by molar-refractivity contribution is 9.10. The van der Waals surface area contributed by atoms with Gasteiger partial charge < -0.3 is 9.72 Å². The first-order valence-corrected chi connectivity index (χ1v) is 11.8. The fourth-order valence-electron chi connectivity index (χ4n) is 3.03. The average molecular weight is 468 g/mol. The van der Waals surface area contributed by atoms with Gasteiger partial charge >= 0.3 is 5.97 Å². The van der Waals surface area contributed by atoms with Crippen molar-refractivity contribution in [3.8, 4) is 0 Å². The van der Waals surface area contributed by atoms with Crippen molar-refractivity contribution in [3.63, 3.8) is 0 Å². The molecule has 1 aliphatic rings. The molecular formula is C20H22BrNO3S2. The molecule has 0 spiro atoms. The summed E-state index contributed by atoms with van der Waals surface area (Å²) in [6, 6.07) is 5.61. The van der Waals surface area contributed by atoms with E-state index in [0.717, 1.165) is 33.7 Å². The molecule has 1 aromatic heterocycles. The maximum absolute atomic E-state index is 13.4. The van der Waals surface area contributed by atoms with E-state index < -0.39 is 5.97 Å². The number of aromatic nitrogens is 1. The largest absolute Gasteiger partial charge is 0.461 e. The van der Waals surface area contributed by atoms with E-state index in [4.69, 9.17) is 4.74 Å². The van der Waals surface area contributed by atoms with Crippen molar-refractivity contribution >= 4 is 51.2 Å². The van der Waals surface area contributed by atoms with Gasteiger partial charge in [0.15, 0.2) is 5.78 Å². The highest BCUT2D eigenvalue weighted by Gasteiger charge is 2.30. The zero-order chi connectivity index (χ0) is 19.6. The molecule has 0 radical (unpaired) electrons. The van der Waals surface area contributed by atoms with Crippen molar-refractivity contribution in [1.82, 2.24) is 4.98 Å². The predicted octanol–water partition coefficient (Wildman–Crippen LogP) is 5.67. The van der Waals surface area contributed by atoms with Gasteiger partial charge in [0, 0.05) is 15.6 Å². The lowest BCUT2D eigenvalue weighted by atomic mass is 9.99. The zero-order valence-corrected chi connectivity index (χ0v) is 18.8. The van der Waals surface area contributed by atoms with Crippen LogP contribution >= 0.6 is 39.5 Å². The minimum Gasteiger partial charge on any atom is -0.461 e. The van der Waals surface area contributed by atoms with E-state index in [1.807, 2.05) is 55.6 Å². The van der Waals surface area contributed by atoms with Gasteiger partial charge in [-0.05, 0) is 55.9 Å². The molecule has 0 unspecified atom stereocenters. The number of halogens is 1. The van der Waals surface area contributed by atoms with Crippen LogP contribution in [-0.4, -0.2) is 34.8 Å². The average Bonchev–Trinajstić information content (AvgIpc) is 3.01. The number of esters is 1. The molecule has 1 aromatic carbocycles. The molecule has 1 saturated heterocycles. The molecular weight excluding hydrogens is 446 g/mol. The number of carbonyl (C=O) groups excluding carboxylic acids is 2. The lowest BCUT2D eigenvalue weighted by Gasteiger charge is -2.21. The quantitative estimate of drug-likeness (QED) is 0.453. The van der Waals surface area contributed by atoms with Crippen LogP contribution in [0, 0.1) is 13.8 Å². The Bertz CT molecular complexity index is 872. The molecule has 4 nitrogen and oxygen atoms in total. The Morgan fingerprint density at radius 3 is 2.59 bits per heavy atom. The van der Waals surface area contributed by atoms with Crippen molar-refractivity contribution < 1.29 is 14.3 Å². The lowest BCUT2D eigenvalue weighted by Crippen LogP contribution is -2.09. The lowest BCUT2D eigenvalue weighted by molar-refractivity contribution is 0.0519. The van der Waals surface area contributed by atoms with Crippen LogP contribution in [0.25, 0.3) is 0 Å². The maximum atomic E-state index is 13.4. The van der Waals surface area contributed by atoms with E-state index in [1.165, 1.54) is 0 Å². The zero-order valence-electron chi connectivity index (χ0n) is 15.6. The second-order valence-electron chi connectivity index (χ2n) is 6.35. The number of ether oxygens (including phenoxy) is 1. The molecule has 0 atom stereocenters. The van der Waals surface area contributed by atoms with Gasteiger partial charge in [-0.25, -0.2) is 4.79 Å². The van der Waals surface area contributed by atoms with Gasteiger partial charge in [0.05, 0.1) is 16.9 Å². The number of ketones is 1. The molecule has 1 aliphatic heterocycles. The summed E-state index contributed by atoms with van der Waals surface area (Å²) < 4.78 is 6.20. The molecule has 3 rings (SSSR count). The Balaban J connectivity index is 2.09. The van der Waals surface area contributed by atoms with Crippen LogP contribution in [0.15, 0.2) is 22.7 Å². The number of hydrogen-bond acceptors (Lipinski definition) is 5. The van der Waals surface area contributed by atoms with Crippen molar-refractivity contribution in [2.75, 3.05) is 18.1 Å². The highest BCUT2D eigenvalue weighted by atomic mass is 79.9. The first-order chi connectivity index (χ1) is 12.9. The number of benzene rings is 1. The van der Waals surface area contributed by atoms with Gasteiger partial charge in [-0.3, -0.25) is 4.79 Å². The minimum atomic E-state index is -0.411. The Morgan fingerprint density at radius 1 is 1.26 bits per heavy atom. The number of H-pyrrole nitrogens is 1. The first kappa shape index (κ1) is 20.6. The number of rotatable bonds is 5. The highest BCUT2D eigenvalue weighted by Crippen LogP contribution is 2.45. The molecule has 1 fully saturated rings. The van der Waals surface area contributed by atoms with E-state index in [1.54, 1.807) is 6.92 Å². The second-order valence-corrected chi connectivity index (χ2v) is 9.93. The van der Waals surface area contributed by atoms with E-state index >= 15 is 0 Å². The van der Waals surface area contributed by atoms with Crippen LogP contribution in [-0.2, 0) is 4.74 Å². The van der Waals surface area contributed by atoms with Gasteiger partial charge in [-0.15, -0.1) is 23.5 Å². The molecule has 2 heterocycles. The molecule has 2 aromatic rings. The van der Waals surface area contributed by atoms with Gasteiger partial charge in [0.2, 0.25) is 0 Å². The topological polar surface area (TPSA) is 59.2 Å². The molecule has 0 amide bonds. The molecule has 7 heteroatoms. The standard InChI is InChI=1S/C20H22BrNO3S2/c1-4-25-19(24)16-12(3)15(17(22-16)20-26-8-5-9-27-20)18(23)13-7-6-11(2)14(21)10-13/h6-7,10,20,22H,4-5,8-9H2,1-3H3. The first-order valence-electron chi connectivity index (χ1n) is 8.87. The summed E-state index contributed by atoms with van der Waals surface area (Å²) in [6.45, 7) is 5.88. The third-order valence-corrected chi connectivity index (χ3v) is 8.28. The maximum Gasteiger partial charge on any atom is 0.355 e. The third kappa shape index (κ3) is 4.30. The third-order valence-electron chi connectivity index (χ3n) is 4.48. The Kier molecular flexibility index (Phi) is 6.76. The van der Waals surface area contributed by atoms with Gasteiger partial charge in [0.25, 0.3) is 0 Å². The molecule has 144 valence electrons. The number of aryl methyl sites for hydroxylation is 1. The summed E-state index contributed by atoms with van der Waals surface area (Å²) in [7, 11) is 0. The van der Waals surface area contributed by atoms with Crippen molar-refractivity contribution in [1.29, 1.82) is 0 Å². The van der Waals surface area contributed by atoms with E-state index in [-0.39, 0.29) is 10.4 Å². The summed E-state index contributed by atoms with van der Waals surface area (Å²) in [5, 5.41) is 0. The number of aromatic amines is 1. The molecule has 27 heavy (non-hydrogen) atoms. The van der Waals surface area contributed by atoms with Gasteiger partial charge in [0.1, 0.15) is 5.69 Å². The van der Waals surface area contributed by atoms with E-state index in [9.17, 15) is 9.59 Å². The summed E-state index contributed by atoms with van der Waals surface area (Å²) in [5.74, 6) is 1.62. The van der Waals surface area contributed by atoms with Crippen LogP contribution in [0.3, 0.4) is 0 Å². The summed E-state index contributed by atoms with van der Waals surface area (Å²) in [4.78, 5) is 29.0. The second kappa shape index (κ2) is 8.88. The fraction of sp³-hybridized carbons (Fsp3) is 0.400. The number of thioether (sulfide) groups is 2. The smallest absolute Gasteiger partial charge is 0.355 e. The monoisotopic (exact) mass is 467 g/mol. The minimum absolute atomic E-state index is 0.0678. The SMILES string of the molecule is CCOC(=O)c1[nH]c(C2SCCCS2)c(C(=O)c2ccc(C)c(Br)c2)c1C. The van der Waals surface area contributed by atoms with Crippen molar-refractivity contribution in [2.45, 2.75) is 31.8 Å². The van der Waals surface area contributed by atoms with Crippen molar-refractivity contribution in [2.24, 2.45) is 0 Å². The number of hydrogen-bond donors (Lipinski definition) is 1. The number of carbonyl (C=O) groups is 2. The Hall–Kier alpha value is -1.18.